The summed E-state index contributed by atoms with van der Waals surface area (Å²) in [6, 6.07) is 133. The van der Waals surface area contributed by atoms with E-state index in [1.165, 1.54) is 164 Å². The molecule has 135 heavy (non-hydrogen) atoms. The van der Waals surface area contributed by atoms with Gasteiger partial charge in [-0.05, 0) is 229 Å². The zero-order chi connectivity index (χ0) is 89.1. The molecule has 0 aliphatic heterocycles. The van der Waals surface area contributed by atoms with Crippen molar-refractivity contribution in [1.82, 2.24) is 17.8 Å². The molecule has 0 amide bonds. The van der Waals surface area contributed by atoms with Crippen LogP contribution in [0.1, 0.15) is 81.2 Å². The summed E-state index contributed by atoms with van der Waals surface area (Å²) in [4.78, 5) is 0. The van der Waals surface area contributed by atoms with Gasteiger partial charge in [0.05, 0.1) is 72.3 Å². The molecule has 0 saturated carbocycles. The first-order valence-electron chi connectivity index (χ1n) is 46.9. The van der Waals surface area contributed by atoms with Crippen molar-refractivity contribution in [3.8, 4) is 45.1 Å². The van der Waals surface area contributed by atoms with Gasteiger partial charge in [-0.1, -0.05) is 260 Å². The van der Waals surface area contributed by atoms with Gasteiger partial charge in [-0.25, -0.2) is 0 Å². The number of hydrogen-bond donors (Lipinski definition) is 0. The Morgan fingerprint density at radius 1 is 0.244 bits per heavy atom. The molecule has 1 aliphatic carbocycles. The minimum atomic E-state index is -0.0362. The molecule has 0 bridgehead atoms. The highest BCUT2D eigenvalue weighted by molar-refractivity contribution is 6.35. The van der Waals surface area contributed by atoms with Gasteiger partial charge in [0.25, 0.3) is 0 Å². The Morgan fingerprint density at radius 3 is 1.03 bits per heavy atom. The Bertz CT molecular complexity index is 10200. The number of nitrogens with zero attached hydrogens (tertiary/aromatic N) is 5. The number of rotatable bonds is 5. The molecule has 11 aromatic heterocycles. The first-order chi connectivity index (χ1) is 66.3. The smallest absolute Gasteiger partial charge is 0.160 e. The lowest BCUT2D eigenvalue weighted by atomic mass is 9.81. The standard InChI is InChI=1S/C47H39N.C42H22N2O2.C37H18N2O2/c1-26(2)28-11-13-31-24-44-38(19-33(31)17-28)40-21-35(30-15-16-37-36-9-7-8-10-42(36)47(5,6)43(37)23-30)22-41-39-20-34-18-29(27(3)4)12-14-32(34)25-45(39)48(44)46(40)41;1-5-13-34-24(9-1)25-10-2-6-14-35(25)43(34)23-21-32-28-17-19-30-26-11-3-7-15-36(26)45-41(30)39(28)44-38(32)33(22-23)29-18-20-31-27-12-4-8-16-37(27)46-42(31)40(29)44;38-19-20-9-11-21(12-10-20)22-17-29-25-13-15-27-23-5-1-3-7-31(23)40-36(27)34(25)39-33(29)30(18-22)26-14-16-28-24-6-2-4-8-32(24)41-37(28)35(26)39/h7-27H,1-6H3;1-22H;1-18H. The zero-order valence-electron chi connectivity index (χ0n) is 74.6. The second-order valence-electron chi connectivity index (χ2n) is 38.7. The number of para-hydroxylation sites is 6. The lowest BCUT2D eigenvalue weighted by Crippen LogP contribution is -2.14. The molecule has 1 aliphatic rings. The minimum Gasteiger partial charge on any atom is -0.454 e. The van der Waals surface area contributed by atoms with E-state index in [4.69, 9.17) is 17.7 Å². The van der Waals surface area contributed by atoms with Gasteiger partial charge in [0.2, 0.25) is 0 Å². The van der Waals surface area contributed by atoms with Gasteiger partial charge in [0.15, 0.2) is 22.3 Å². The summed E-state index contributed by atoms with van der Waals surface area (Å²) in [7, 11) is 0. The van der Waals surface area contributed by atoms with Crippen LogP contribution in [0.5, 0.6) is 0 Å². The molecule has 0 radical (unpaired) electrons. The highest BCUT2D eigenvalue weighted by Gasteiger charge is 2.37. The number of benzene rings is 20. The van der Waals surface area contributed by atoms with Crippen molar-refractivity contribution in [2.24, 2.45) is 0 Å². The summed E-state index contributed by atoms with van der Waals surface area (Å²) < 4.78 is 36.4. The molecule has 31 aromatic rings. The Morgan fingerprint density at radius 2 is 0.600 bits per heavy atom. The third-order valence-electron chi connectivity index (χ3n) is 30.6. The molecular weight excluding hydrogens is 1650 g/mol. The van der Waals surface area contributed by atoms with Crippen molar-refractivity contribution < 1.29 is 17.7 Å². The van der Waals surface area contributed by atoms with Crippen molar-refractivity contribution in [3.63, 3.8) is 0 Å². The third kappa shape index (κ3) is 10.1. The van der Waals surface area contributed by atoms with E-state index in [-0.39, 0.29) is 5.41 Å². The average molecular weight is 1730 g/mol. The van der Waals surface area contributed by atoms with Crippen LogP contribution in [-0.2, 0) is 5.41 Å². The van der Waals surface area contributed by atoms with Gasteiger partial charge in [0.1, 0.15) is 22.3 Å². The summed E-state index contributed by atoms with van der Waals surface area (Å²) in [5.41, 5.74) is 34.9. The van der Waals surface area contributed by atoms with Crippen molar-refractivity contribution >= 4 is 245 Å². The van der Waals surface area contributed by atoms with E-state index in [9.17, 15) is 5.26 Å². The molecule has 9 heteroatoms. The quantitative estimate of drug-likeness (QED) is 0.171. The van der Waals surface area contributed by atoms with E-state index in [0.717, 1.165) is 143 Å². The summed E-state index contributed by atoms with van der Waals surface area (Å²) in [6.45, 7) is 13.9. The van der Waals surface area contributed by atoms with Crippen LogP contribution in [0.2, 0.25) is 0 Å². The van der Waals surface area contributed by atoms with Gasteiger partial charge in [-0.2, -0.15) is 5.26 Å². The molecule has 11 heterocycles. The highest BCUT2D eigenvalue weighted by Crippen LogP contribution is 2.55. The van der Waals surface area contributed by atoms with E-state index in [1.807, 2.05) is 60.7 Å². The Hall–Kier alpha value is -17.2. The summed E-state index contributed by atoms with van der Waals surface area (Å²) in [5, 5.41) is 40.7. The van der Waals surface area contributed by atoms with Crippen LogP contribution in [0.15, 0.2) is 376 Å². The lowest BCUT2D eigenvalue weighted by molar-refractivity contribution is 0.660. The number of nitriles is 1. The second kappa shape index (κ2) is 26.8. The number of furan rings is 4. The maximum absolute atomic E-state index is 9.34. The second-order valence-corrected chi connectivity index (χ2v) is 38.7. The molecule has 632 valence electrons. The van der Waals surface area contributed by atoms with Gasteiger partial charge < -0.3 is 35.4 Å². The van der Waals surface area contributed by atoms with E-state index in [2.05, 4.69) is 363 Å². The van der Waals surface area contributed by atoms with E-state index >= 15 is 0 Å². The minimum absolute atomic E-state index is 0.0362. The Balaban J connectivity index is 0.0000000967. The number of fused-ring (bicyclic) bond motifs is 42. The topological polar surface area (TPSA) is 94.5 Å². The number of aromatic nitrogens is 4. The Kier molecular flexibility index (Phi) is 14.8. The molecule has 0 atom stereocenters. The first kappa shape index (κ1) is 74.6. The van der Waals surface area contributed by atoms with E-state index in [1.54, 1.807) is 0 Å². The maximum Gasteiger partial charge on any atom is 0.160 e. The predicted molar refractivity (Wildman–Crippen MR) is 563 cm³/mol. The average Bonchev–Trinajstić information content (AvgIpc) is 1.51. The molecule has 0 N–H and O–H groups in total. The predicted octanol–water partition coefficient (Wildman–Crippen LogP) is 35.3. The Labute approximate surface area is 770 Å². The SMILES string of the molecule is CC(C)c1ccc2cc3c(cc2c1)c1cc(-c2ccc4c(c2)C(C)(C)c2ccccc2-4)cc2c4cc5cc(C(C)C)ccc5cc4n3c12.N#Cc1ccc(-c2cc3c4ccc5c6ccccc6oc5c4n4c3c(c2)c2ccc3c5ccccc5oc3c24)cc1.c1ccc2c(c1)oc1c2ccc2c3cc(-n4c5ccccc5c5ccccc54)cc4c5ccc6c7ccccc7oc6c5n(c34)c21. The first-order valence-corrected chi connectivity index (χ1v) is 46.9. The van der Waals surface area contributed by atoms with Gasteiger partial charge in [-0.15, -0.1) is 0 Å². The molecule has 0 fully saturated rings. The number of hydrogen-bond acceptors (Lipinski definition) is 5. The van der Waals surface area contributed by atoms with E-state index < -0.39 is 0 Å². The van der Waals surface area contributed by atoms with Gasteiger partial charge in [-0.3, -0.25) is 0 Å². The van der Waals surface area contributed by atoms with Crippen LogP contribution in [0.25, 0.3) is 284 Å². The van der Waals surface area contributed by atoms with E-state index in [0.29, 0.717) is 17.4 Å². The molecular formula is C126H79N5O4. The van der Waals surface area contributed by atoms with Crippen LogP contribution < -0.4 is 0 Å². The normalized spacial score (nSPS) is 13.1. The van der Waals surface area contributed by atoms with Crippen LogP contribution >= 0.6 is 0 Å². The van der Waals surface area contributed by atoms with Crippen LogP contribution in [0.4, 0.5) is 0 Å². The lowest BCUT2D eigenvalue weighted by Gasteiger charge is -2.22. The molecule has 0 unspecified atom stereocenters. The maximum atomic E-state index is 9.34. The zero-order valence-corrected chi connectivity index (χ0v) is 74.6. The molecule has 0 saturated heterocycles. The molecule has 20 aromatic carbocycles. The molecule has 32 rings (SSSR count). The largest absolute Gasteiger partial charge is 0.454 e. The third-order valence-corrected chi connectivity index (χ3v) is 30.6. The van der Waals surface area contributed by atoms with Crippen LogP contribution in [-0.4, -0.2) is 17.8 Å². The fraction of sp³-hybridized carbons (Fsp3) is 0.0714. The fourth-order valence-electron chi connectivity index (χ4n) is 24.2. The molecule has 9 nitrogen and oxygen atoms in total. The molecule has 0 spiro atoms. The van der Waals surface area contributed by atoms with Crippen molar-refractivity contribution in [2.45, 2.75) is 58.8 Å². The van der Waals surface area contributed by atoms with Crippen molar-refractivity contribution in [2.75, 3.05) is 0 Å². The summed E-state index contributed by atoms with van der Waals surface area (Å²) in [6.07, 6.45) is 0. The summed E-state index contributed by atoms with van der Waals surface area (Å²) >= 11 is 0. The monoisotopic (exact) mass is 1730 g/mol. The van der Waals surface area contributed by atoms with Crippen molar-refractivity contribution in [3.05, 3.63) is 386 Å². The fourth-order valence-corrected chi connectivity index (χ4v) is 24.2. The van der Waals surface area contributed by atoms with Crippen molar-refractivity contribution in [1.29, 1.82) is 5.26 Å². The summed E-state index contributed by atoms with van der Waals surface area (Å²) in [5.74, 6) is 0.991. The van der Waals surface area contributed by atoms with Gasteiger partial charge >= 0.3 is 0 Å². The van der Waals surface area contributed by atoms with Crippen LogP contribution in [0, 0.1) is 11.3 Å². The van der Waals surface area contributed by atoms with Crippen LogP contribution in [0.3, 0.4) is 0 Å². The van der Waals surface area contributed by atoms with Gasteiger partial charge in [0, 0.05) is 130 Å². The highest BCUT2D eigenvalue weighted by atomic mass is 16.3.